The molecule has 8 nitrogen and oxygen atoms in total. The van der Waals surface area contributed by atoms with Gasteiger partial charge in [-0.05, 0) is 68.6 Å². The van der Waals surface area contributed by atoms with Crippen molar-refractivity contribution in [2.75, 3.05) is 38.6 Å². The van der Waals surface area contributed by atoms with Crippen molar-refractivity contribution in [3.63, 3.8) is 0 Å². The number of aromatic nitrogens is 3. The predicted octanol–water partition coefficient (Wildman–Crippen LogP) is 4.80. The Morgan fingerprint density at radius 1 is 0.884 bits per heavy atom. The number of hydrogen-bond acceptors (Lipinski definition) is 6. The van der Waals surface area contributed by atoms with Crippen LogP contribution < -0.4 is 10.2 Å². The number of nitrogens with one attached hydrogen (secondary N) is 1. The molecule has 4 atom stereocenters. The van der Waals surface area contributed by atoms with Gasteiger partial charge in [0.1, 0.15) is 5.82 Å². The third kappa shape index (κ3) is 5.43. The van der Waals surface area contributed by atoms with Crippen molar-refractivity contribution in [1.82, 2.24) is 29.9 Å². The number of carbonyl (C=O) groups excluding carboxylic acids is 1. The molecule has 1 N–H and O–H groups in total. The Morgan fingerprint density at radius 2 is 1.63 bits per heavy atom. The number of para-hydroxylation sites is 1. The quantitative estimate of drug-likeness (QED) is 0.369. The van der Waals surface area contributed by atoms with Crippen molar-refractivity contribution in [2.45, 2.75) is 62.7 Å². The van der Waals surface area contributed by atoms with Gasteiger partial charge < -0.3 is 20.0 Å². The van der Waals surface area contributed by atoms with E-state index in [-0.39, 0.29) is 11.9 Å². The summed E-state index contributed by atoms with van der Waals surface area (Å²) in [5.41, 5.74) is 5.82. The zero-order valence-corrected chi connectivity index (χ0v) is 25.6. The summed E-state index contributed by atoms with van der Waals surface area (Å²) in [5.74, 6) is 1.15. The van der Waals surface area contributed by atoms with E-state index in [2.05, 4.69) is 80.6 Å². The average molecular weight is 578 g/mol. The zero-order chi connectivity index (χ0) is 29.5. The van der Waals surface area contributed by atoms with Crippen molar-refractivity contribution in [1.29, 1.82) is 0 Å². The summed E-state index contributed by atoms with van der Waals surface area (Å²) < 4.78 is 1.79. The summed E-state index contributed by atoms with van der Waals surface area (Å²) in [6, 6.07) is 23.0. The van der Waals surface area contributed by atoms with Gasteiger partial charge in [0.15, 0.2) is 5.69 Å². The number of carbonyl (C=O) groups is 1. The number of benzene rings is 2. The second-order valence-corrected chi connectivity index (χ2v) is 12.9. The molecule has 4 aliphatic rings. The van der Waals surface area contributed by atoms with E-state index in [1.807, 2.05) is 37.5 Å². The Balaban J connectivity index is 0.000000141. The van der Waals surface area contributed by atoms with Crippen LogP contribution in [-0.2, 0) is 13.5 Å². The van der Waals surface area contributed by atoms with Gasteiger partial charge in [0.05, 0.1) is 11.6 Å². The highest BCUT2D eigenvalue weighted by molar-refractivity contribution is 6.04. The first-order valence-corrected chi connectivity index (χ1v) is 15.9. The highest BCUT2D eigenvalue weighted by Gasteiger charge is 2.37. The summed E-state index contributed by atoms with van der Waals surface area (Å²) in [5, 5.41) is 8.62. The van der Waals surface area contributed by atoms with E-state index in [9.17, 15) is 4.79 Å². The van der Waals surface area contributed by atoms with Gasteiger partial charge in [0, 0.05) is 62.8 Å². The zero-order valence-electron chi connectivity index (χ0n) is 25.6. The van der Waals surface area contributed by atoms with Gasteiger partial charge in [-0.15, -0.1) is 0 Å². The molecule has 2 aromatic heterocycles. The number of nitrogens with zero attached hydrogens (tertiary/aromatic N) is 6. The van der Waals surface area contributed by atoms with Crippen LogP contribution >= 0.6 is 0 Å². The second-order valence-electron chi connectivity index (χ2n) is 12.9. The van der Waals surface area contributed by atoms with Crippen molar-refractivity contribution in [3.8, 4) is 0 Å². The summed E-state index contributed by atoms with van der Waals surface area (Å²) in [4.78, 5) is 24.9. The Hall–Kier alpha value is -3.75. The van der Waals surface area contributed by atoms with E-state index in [1.54, 1.807) is 4.68 Å². The predicted molar refractivity (Wildman–Crippen MR) is 171 cm³/mol. The Bertz CT molecular complexity index is 1600. The molecule has 4 aromatic rings. The number of piperazine rings is 1. The molecule has 0 radical (unpaired) electrons. The molecule has 6 heterocycles. The van der Waals surface area contributed by atoms with Crippen LogP contribution in [0.5, 0.6) is 0 Å². The maximum Gasteiger partial charge on any atom is 0.272 e. The fraction of sp³-hybridized carbons (Fsp3) is 0.457. The lowest BCUT2D eigenvalue weighted by Gasteiger charge is -2.47. The Kier molecular flexibility index (Phi) is 7.65. The number of anilines is 1. The van der Waals surface area contributed by atoms with E-state index in [1.165, 1.54) is 41.8 Å². The van der Waals surface area contributed by atoms with E-state index in [0.717, 1.165) is 49.8 Å². The maximum absolute atomic E-state index is 12.7. The normalized spacial score (nSPS) is 25.0. The lowest BCUT2D eigenvalue weighted by molar-refractivity contribution is 0.0462. The first-order chi connectivity index (χ1) is 21.0. The molecule has 224 valence electrons. The number of piperidine rings is 2. The topological polar surface area (TPSA) is 69.5 Å². The SMILES string of the molecule is CN1CCN2c3ncccc3Cc3ccccc3C2C1.CN1[C@@H]2CCC[C@H]1CC(NC(=O)c1nn(C)c3ccccc13)C2. The van der Waals surface area contributed by atoms with Crippen molar-refractivity contribution in [2.24, 2.45) is 7.05 Å². The van der Waals surface area contributed by atoms with Crippen LogP contribution in [-0.4, -0.2) is 82.3 Å². The van der Waals surface area contributed by atoms with Gasteiger partial charge in [-0.25, -0.2) is 4.98 Å². The van der Waals surface area contributed by atoms with Gasteiger partial charge >= 0.3 is 0 Å². The molecule has 3 saturated heterocycles. The molecular weight excluding hydrogens is 534 g/mol. The molecule has 4 aliphatic heterocycles. The second kappa shape index (κ2) is 11.7. The largest absolute Gasteiger partial charge is 0.348 e. The molecule has 1 amide bonds. The summed E-state index contributed by atoms with van der Waals surface area (Å²) in [6.07, 6.45) is 8.87. The minimum absolute atomic E-state index is 0.0329. The van der Waals surface area contributed by atoms with Gasteiger partial charge in [0.2, 0.25) is 0 Å². The number of pyridine rings is 1. The van der Waals surface area contributed by atoms with E-state index in [4.69, 9.17) is 0 Å². The molecule has 2 aromatic carbocycles. The van der Waals surface area contributed by atoms with Crippen molar-refractivity contribution < 1.29 is 4.79 Å². The van der Waals surface area contributed by atoms with Gasteiger partial charge in [-0.2, -0.15) is 5.10 Å². The van der Waals surface area contributed by atoms with Crippen LogP contribution in [0, 0.1) is 0 Å². The summed E-state index contributed by atoms with van der Waals surface area (Å²) >= 11 is 0. The van der Waals surface area contributed by atoms with Crippen molar-refractivity contribution >= 4 is 22.6 Å². The summed E-state index contributed by atoms with van der Waals surface area (Å²) in [7, 11) is 6.34. The fourth-order valence-electron chi connectivity index (χ4n) is 7.86. The highest BCUT2D eigenvalue weighted by atomic mass is 16.2. The highest BCUT2D eigenvalue weighted by Crippen LogP contribution is 2.37. The minimum atomic E-state index is -0.0329. The summed E-state index contributed by atoms with van der Waals surface area (Å²) in [6.45, 7) is 3.24. The first kappa shape index (κ1) is 28.0. The minimum Gasteiger partial charge on any atom is -0.348 e. The Labute approximate surface area is 254 Å². The lowest BCUT2D eigenvalue weighted by atomic mass is 9.82. The standard InChI is InChI=1S/C18H24N4O.C17H19N3/c1-21-13-6-5-7-14(21)11-12(10-13)19-18(23)17-15-8-3-4-9-16(15)22(2)20-17;1-19-9-10-20-16(12-19)15-7-3-2-5-13(15)11-14-6-4-8-18-17(14)20/h3-4,8-9,12-14H,5-7,10-11H2,1-2H3,(H,19,23);2-8,16H,9-12H2,1H3/t12?,13-,14+;. The molecule has 0 aliphatic carbocycles. The van der Waals surface area contributed by atoms with Crippen molar-refractivity contribution in [3.05, 3.63) is 89.2 Å². The molecule has 43 heavy (non-hydrogen) atoms. The number of likely N-dealkylation sites (N-methyl/N-ethyl adjacent to an activating group) is 1. The maximum atomic E-state index is 12.7. The molecule has 0 spiro atoms. The van der Waals surface area contributed by atoms with Crippen LogP contribution in [0.1, 0.15) is 65.3 Å². The van der Waals surface area contributed by atoms with Gasteiger partial charge in [0.25, 0.3) is 5.91 Å². The molecule has 3 fully saturated rings. The molecule has 8 heteroatoms. The number of fused-ring (bicyclic) bond motifs is 8. The molecular formula is C35H43N7O. The lowest BCUT2D eigenvalue weighted by Crippen LogP contribution is -2.55. The van der Waals surface area contributed by atoms with Gasteiger partial charge in [-0.3, -0.25) is 9.48 Å². The van der Waals surface area contributed by atoms with Gasteiger partial charge in [-0.1, -0.05) is 55.0 Å². The third-order valence-electron chi connectivity index (χ3n) is 10.2. The number of aryl methyl sites for hydroxylation is 1. The number of rotatable bonds is 2. The first-order valence-electron chi connectivity index (χ1n) is 15.9. The van der Waals surface area contributed by atoms with Crippen LogP contribution in [0.15, 0.2) is 66.9 Å². The molecule has 8 rings (SSSR count). The Morgan fingerprint density at radius 3 is 2.47 bits per heavy atom. The molecule has 0 saturated carbocycles. The van der Waals surface area contributed by atoms with E-state index >= 15 is 0 Å². The van der Waals surface area contributed by atoms with Crippen LogP contribution in [0.25, 0.3) is 10.9 Å². The fourth-order valence-corrected chi connectivity index (χ4v) is 7.86. The van der Waals surface area contributed by atoms with Crippen LogP contribution in [0.4, 0.5) is 5.82 Å². The van der Waals surface area contributed by atoms with E-state index < -0.39 is 0 Å². The average Bonchev–Trinajstić information content (AvgIpc) is 3.28. The molecule has 2 unspecified atom stereocenters. The number of amides is 1. The smallest absolute Gasteiger partial charge is 0.272 e. The molecule has 2 bridgehead atoms. The monoisotopic (exact) mass is 577 g/mol. The van der Waals surface area contributed by atoms with E-state index in [0.29, 0.717) is 23.8 Å². The van der Waals surface area contributed by atoms with Crippen LogP contribution in [0.2, 0.25) is 0 Å². The van der Waals surface area contributed by atoms with Crippen LogP contribution in [0.3, 0.4) is 0 Å². The number of hydrogen-bond donors (Lipinski definition) is 1. The third-order valence-corrected chi connectivity index (χ3v) is 10.2.